The zero-order valence-electron chi connectivity index (χ0n) is 11.0. The largest absolute Gasteiger partial charge is 0.480 e. The lowest BCUT2D eigenvalue weighted by Gasteiger charge is -2.22. The molecule has 2 aliphatic rings. The Labute approximate surface area is 112 Å². The van der Waals surface area contributed by atoms with Crippen LogP contribution in [0.3, 0.4) is 0 Å². The predicted octanol–water partition coefficient (Wildman–Crippen LogP) is 2.24. The summed E-state index contributed by atoms with van der Waals surface area (Å²) in [6, 6.07) is 5.90. The van der Waals surface area contributed by atoms with Gasteiger partial charge in [-0.15, -0.1) is 0 Å². The van der Waals surface area contributed by atoms with E-state index in [-0.39, 0.29) is 12.5 Å². The first kappa shape index (κ1) is 12.2. The monoisotopic (exact) mass is 259 g/mol. The standard InChI is InChI=1S/C15H17NO3/c1-10-5-4-6-11-13(10)16(9-12(17)18)14(19)15(11)7-2-3-8-15/h4-6H,2-3,7-9H2,1H3,(H,17,18). The first-order valence-corrected chi connectivity index (χ1v) is 6.70. The van der Waals surface area contributed by atoms with E-state index in [4.69, 9.17) is 5.11 Å². The molecule has 0 unspecified atom stereocenters. The van der Waals surface area contributed by atoms with Crippen molar-refractivity contribution in [2.75, 3.05) is 11.4 Å². The second-order valence-corrected chi connectivity index (χ2v) is 5.55. The number of carboxylic acids is 1. The number of nitrogens with zero attached hydrogens (tertiary/aromatic N) is 1. The van der Waals surface area contributed by atoms with Crippen LogP contribution in [-0.2, 0) is 15.0 Å². The van der Waals surface area contributed by atoms with E-state index in [9.17, 15) is 9.59 Å². The Balaban J connectivity index is 2.17. The third kappa shape index (κ3) is 1.59. The summed E-state index contributed by atoms with van der Waals surface area (Å²) in [4.78, 5) is 25.2. The zero-order valence-corrected chi connectivity index (χ0v) is 11.0. The Hall–Kier alpha value is -1.84. The number of benzene rings is 1. The SMILES string of the molecule is Cc1cccc2c1N(CC(=O)O)C(=O)C21CCCC1. The van der Waals surface area contributed by atoms with E-state index >= 15 is 0 Å². The van der Waals surface area contributed by atoms with E-state index in [1.54, 1.807) is 0 Å². The van der Waals surface area contributed by atoms with Crippen LogP contribution in [0, 0.1) is 6.92 Å². The van der Waals surface area contributed by atoms with Crippen molar-refractivity contribution in [1.82, 2.24) is 0 Å². The lowest BCUT2D eigenvalue weighted by atomic mass is 9.80. The van der Waals surface area contributed by atoms with E-state index in [1.165, 1.54) is 4.90 Å². The van der Waals surface area contributed by atoms with Gasteiger partial charge >= 0.3 is 5.97 Å². The van der Waals surface area contributed by atoms with Crippen molar-refractivity contribution in [3.05, 3.63) is 29.3 Å². The summed E-state index contributed by atoms with van der Waals surface area (Å²) in [5.74, 6) is -0.977. The molecule has 1 aliphatic heterocycles. The number of rotatable bonds is 2. The highest BCUT2D eigenvalue weighted by atomic mass is 16.4. The van der Waals surface area contributed by atoms with Gasteiger partial charge in [0.15, 0.2) is 0 Å². The number of amides is 1. The van der Waals surface area contributed by atoms with Gasteiger partial charge in [0.05, 0.1) is 11.1 Å². The van der Waals surface area contributed by atoms with Crippen LogP contribution in [0.25, 0.3) is 0 Å². The fourth-order valence-electron chi connectivity index (χ4n) is 3.63. The summed E-state index contributed by atoms with van der Waals surface area (Å²) in [6.45, 7) is 1.70. The van der Waals surface area contributed by atoms with Crippen molar-refractivity contribution < 1.29 is 14.7 Å². The highest BCUT2D eigenvalue weighted by Crippen LogP contribution is 2.52. The number of carboxylic acid groups (broad SMARTS) is 1. The van der Waals surface area contributed by atoms with Gasteiger partial charge in [-0.25, -0.2) is 0 Å². The van der Waals surface area contributed by atoms with Crippen molar-refractivity contribution >= 4 is 17.6 Å². The Morgan fingerprint density at radius 2 is 2.05 bits per heavy atom. The molecular weight excluding hydrogens is 242 g/mol. The molecule has 3 rings (SSSR count). The molecule has 1 aliphatic carbocycles. The van der Waals surface area contributed by atoms with Crippen LogP contribution >= 0.6 is 0 Å². The van der Waals surface area contributed by atoms with Crippen molar-refractivity contribution in [2.45, 2.75) is 38.0 Å². The first-order valence-electron chi connectivity index (χ1n) is 6.70. The summed E-state index contributed by atoms with van der Waals surface area (Å²) in [6.07, 6.45) is 3.77. The number of fused-ring (bicyclic) bond motifs is 2. The molecule has 0 aromatic heterocycles. The van der Waals surface area contributed by atoms with Crippen LogP contribution < -0.4 is 4.90 Å². The molecule has 1 spiro atoms. The van der Waals surface area contributed by atoms with Crippen molar-refractivity contribution in [3.63, 3.8) is 0 Å². The topological polar surface area (TPSA) is 57.6 Å². The summed E-state index contributed by atoms with van der Waals surface area (Å²) < 4.78 is 0. The number of anilines is 1. The lowest BCUT2D eigenvalue weighted by molar-refractivity contribution is -0.137. The molecule has 0 atom stereocenters. The molecule has 100 valence electrons. The van der Waals surface area contributed by atoms with Gasteiger partial charge in [0.1, 0.15) is 6.54 Å². The van der Waals surface area contributed by atoms with Crippen molar-refractivity contribution in [1.29, 1.82) is 0 Å². The van der Waals surface area contributed by atoms with Crippen molar-refractivity contribution in [2.24, 2.45) is 0 Å². The second-order valence-electron chi connectivity index (χ2n) is 5.55. The molecule has 1 aromatic rings. The highest BCUT2D eigenvalue weighted by Gasteiger charge is 2.52. The van der Waals surface area contributed by atoms with Gasteiger partial charge in [0.25, 0.3) is 0 Å². The number of carbonyl (C=O) groups is 2. The Morgan fingerprint density at radius 1 is 1.37 bits per heavy atom. The Bertz CT molecular complexity index is 559. The number of carbonyl (C=O) groups excluding carboxylic acids is 1. The average Bonchev–Trinajstić information content (AvgIpc) is 2.92. The maximum absolute atomic E-state index is 12.7. The normalized spacial score (nSPS) is 20.1. The zero-order chi connectivity index (χ0) is 13.6. The molecule has 4 heteroatoms. The Morgan fingerprint density at radius 3 is 2.68 bits per heavy atom. The minimum absolute atomic E-state index is 0.0169. The number of hydrogen-bond donors (Lipinski definition) is 1. The smallest absolute Gasteiger partial charge is 0.323 e. The quantitative estimate of drug-likeness (QED) is 0.886. The second kappa shape index (κ2) is 4.08. The average molecular weight is 259 g/mol. The molecule has 1 N–H and O–H groups in total. The molecule has 1 fully saturated rings. The van der Waals surface area contributed by atoms with E-state index in [2.05, 4.69) is 0 Å². The number of para-hydroxylation sites is 1. The van der Waals surface area contributed by atoms with Gasteiger partial charge in [-0.2, -0.15) is 0 Å². The Kier molecular flexibility index (Phi) is 2.62. The van der Waals surface area contributed by atoms with E-state index < -0.39 is 11.4 Å². The van der Waals surface area contributed by atoms with E-state index in [0.29, 0.717) is 0 Å². The molecular formula is C15H17NO3. The molecule has 1 aromatic carbocycles. The third-order valence-electron chi connectivity index (χ3n) is 4.43. The fourth-order valence-corrected chi connectivity index (χ4v) is 3.63. The molecule has 1 saturated carbocycles. The highest BCUT2D eigenvalue weighted by molar-refractivity contribution is 6.11. The maximum atomic E-state index is 12.7. The summed E-state index contributed by atoms with van der Waals surface area (Å²) in [5, 5.41) is 9.05. The van der Waals surface area contributed by atoms with Crippen LogP contribution in [0.4, 0.5) is 5.69 Å². The van der Waals surface area contributed by atoms with E-state index in [1.807, 2.05) is 25.1 Å². The third-order valence-corrected chi connectivity index (χ3v) is 4.43. The van der Waals surface area contributed by atoms with Crippen LogP contribution in [0.15, 0.2) is 18.2 Å². The number of aryl methyl sites for hydroxylation is 1. The van der Waals surface area contributed by atoms with Gasteiger partial charge in [0, 0.05) is 0 Å². The number of aliphatic carboxylic acids is 1. The van der Waals surface area contributed by atoms with Gasteiger partial charge in [-0.05, 0) is 30.9 Å². The van der Waals surface area contributed by atoms with Crippen LogP contribution in [0.2, 0.25) is 0 Å². The predicted molar refractivity (Wildman–Crippen MR) is 71.3 cm³/mol. The van der Waals surface area contributed by atoms with Gasteiger partial charge < -0.3 is 5.11 Å². The van der Waals surface area contributed by atoms with Crippen LogP contribution in [-0.4, -0.2) is 23.5 Å². The fraction of sp³-hybridized carbons (Fsp3) is 0.467. The van der Waals surface area contributed by atoms with Crippen molar-refractivity contribution in [3.8, 4) is 0 Å². The van der Waals surface area contributed by atoms with Crippen LogP contribution in [0.5, 0.6) is 0 Å². The molecule has 4 nitrogen and oxygen atoms in total. The van der Waals surface area contributed by atoms with Gasteiger partial charge in [-0.3, -0.25) is 14.5 Å². The molecule has 1 heterocycles. The van der Waals surface area contributed by atoms with E-state index in [0.717, 1.165) is 42.5 Å². The maximum Gasteiger partial charge on any atom is 0.323 e. The minimum atomic E-state index is -0.961. The summed E-state index contributed by atoms with van der Waals surface area (Å²) in [7, 11) is 0. The number of hydrogen-bond acceptors (Lipinski definition) is 2. The van der Waals surface area contributed by atoms with Gasteiger partial charge in [-0.1, -0.05) is 31.0 Å². The minimum Gasteiger partial charge on any atom is -0.480 e. The first-order chi connectivity index (χ1) is 9.06. The van der Waals surface area contributed by atoms with Crippen LogP contribution in [0.1, 0.15) is 36.8 Å². The molecule has 0 bridgehead atoms. The molecule has 0 radical (unpaired) electrons. The summed E-state index contributed by atoms with van der Waals surface area (Å²) >= 11 is 0. The summed E-state index contributed by atoms with van der Waals surface area (Å²) in [5.41, 5.74) is 2.40. The molecule has 1 amide bonds. The molecule has 19 heavy (non-hydrogen) atoms. The lowest BCUT2D eigenvalue weighted by Crippen LogP contribution is -2.41. The molecule has 0 saturated heterocycles. The van der Waals surface area contributed by atoms with Gasteiger partial charge in [0.2, 0.25) is 5.91 Å².